The maximum atomic E-state index is 11.0. The Bertz CT molecular complexity index is 664. The standard InChI is InChI=1S/C17H14Cl2O2/c18-15-9-7-12(10-16(15)19)6-8-14(11-17(20)21)13-4-2-1-3-5-13/h1-5,7,9-11H,6,8H2,(H,20,21)/b14-11-. The fourth-order valence-electron chi connectivity index (χ4n) is 2.08. The minimum absolute atomic E-state index is 0.512. The highest BCUT2D eigenvalue weighted by Gasteiger charge is 2.06. The number of rotatable bonds is 5. The minimum atomic E-state index is -0.942. The number of hydrogen-bond donors (Lipinski definition) is 1. The normalized spacial score (nSPS) is 11.4. The largest absolute Gasteiger partial charge is 0.478 e. The van der Waals surface area contributed by atoms with Gasteiger partial charge in [-0.3, -0.25) is 0 Å². The van der Waals surface area contributed by atoms with Crippen LogP contribution >= 0.6 is 23.2 Å². The van der Waals surface area contributed by atoms with Crippen LogP contribution in [0.5, 0.6) is 0 Å². The zero-order chi connectivity index (χ0) is 15.2. The van der Waals surface area contributed by atoms with Crippen molar-refractivity contribution in [1.29, 1.82) is 0 Å². The summed E-state index contributed by atoms with van der Waals surface area (Å²) < 4.78 is 0. The van der Waals surface area contributed by atoms with Gasteiger partial charge in [-0.2, -0.15) is 0 Å². The third-order valence-corrected chi connectivity index (χ3v) is 3.85. The molecule has 2 aromatic carbocycles. The van der Waals surface area contributed by atoms with E-state index in [0.717, 1.165) is 16.7 Å². The Hall–Kier alpha value is -1.77. The molecule has 0 aliphatic heterocycles. The van der Waals surface area contributed by atoms with Crippen molar-refractivity contribution in [3.63, 3.8) is 0 Å². The summed E-state index contributed by atoms with van der Waals surface area (Å²) in [5, 5.41) is 10.0. The maximum absolute atomic E-state index is 11.0. The molecule has 0 bridgehead atoms. The molecular weight excluding hydrogens is 307 g/mol. The Labute approximate surface area is 133 Å². The van der Waals surface area contributed by atoms with E-state index in [9.17, 15) is 4.79 Å². The molecule has 0 atom stereocenters. The second kappa shape index (κ2) is 7.30. The van der Waals surface area contributed by atoms with Crippen molar-refractivity contribution in [2.24, 2.45) is 0 Å². The molecule has 0 saturated heterocycles. The summed E-state index contributed by atoms with van der Waals surface area (Å²) in [6.45, 7) is 0. The van der Waals surface area contributed by atoms with Crippen molar-refractivity contribution in [3.8, 4) is 0 Å². The third-order valence-electron chi connectivity index (χ3n) is 3.11. The van der Waals surface area contributed by atoms with Gasteiger partial charge in [0, 0.05) is 6.08 Å². The van der Waals surface area contributed by atoms with Gasteiger partial charge < -0.3 is 5.11 Å². The van der Waals surface area contributed by atoms with Crippen LogP contribution in [0.4, 0.5) is 0 Å². The van der Waals surface area contributed by atoms with Gasteiger partial charge in [-0.25, -0.2) is 4.79 Å². The molecule has 4 heteroatoms. The minimum Gasteiger partial charge on any atom is -0.478 e. The van der Waals surface area contributed by atoms with Gasteiger partial charge in [0.05, 0.1) is 10.0 Å². The lowest BCUT2D eigenvalue weighted by Crippen LogP contribution is -1.95. The summed E-state index contributed by atoms with van der Waals surface area (Å²) in [7, 11) is 0. The fourth-order valence-corrected chi connectivity index (χ4v) is 2.40. The van der Waals surface area contributed by atoms with E-state index in [1.165, 1.54) is 6.08 Å². The van der Waals surface area contributed by atoms with Crippen LogP contribution in [0.25, 0.3) is 5.57 Å². The lowest BCUT2D eigenvalue weighted by Gasteiger charge is -2.08. The van der Waals surface area contributed by atoms with Crippen LogP contribution in [-0.4, -0.2) is 11.1 Å². The average Bonchev–Trinajstić information content (AvgIpc) is 2.47. The van der Waals surface area contributed by atoms with Gasteiger partial charge in [0.25, 0.3) is 0 Å². The summed E-state index contributed by atoms with van der Waals surface area (Å²) in [4.78, 5) is 11.0. The molecule has 21 heavy (non-hydrogen) atoms. The zero-order valence-corrected chi connectivity index (χ0v) is 12.7. The van der Waals surface area contributed by atoms with E-state index >= 15 is 0 Å². The van der Waals surface area contributed by atoms with Gasteiger partial charge in [0.15, 0.2) is 0 Å². The monoisotopic (exact) mass is 320 g/mol. The van der Waals surface area contributed by atoms with Crippen molar-refractivity contribution >= 4 is 34.7 Å². The van der Waals surface area contributed by atoms with Gasteiger partial charge in [-0.15, -0.1) is 0 Å². The first-order valence-electron chi connectivity index (χ1n) is 6.49. The highest BCUT2D eigenvalue weighted by atomic mass is 35.5. The number of hydrogen-bond acceptors (Lipinski definition) is 1. The molecule has 2 aromatic rings. The molecule has 0 aliphatic carbocycles. The van der Waals surface area contributed by atoms with Crippen LogP contribution in [0.15, 0.2) is 54.6 Å². The Kier molecular flexibility index (Phi) is 5.43. The first kappa shape index (κ1) is 15.6. The van der Waals surface area contributed by atoms with E-state index in [-0.39, 0.29) is 0 Å². The summed E-state index contributed by atoms with van der Waals surface area (Å²) >= 11 is 11.9. The van der Waals surface area contributed by atoms with Crippen molar-refractivity contribution in [2.75, 3.05) is 0 Å². The number of carbonyl (C=O) groups is 1. The molecule has 1 N–H and O–H groups in total. The van der Waals surface area contributed by atoms with E-state index in [0.29, 0.717) is 22.9 Å². The molecule has 0 amide bonds. The van der Waals surface area contributed by atoms with Crippen molar-refractivity contribution in [2.45, 2.75) is 12.8 Å². The highest BCUT2D eigenvalue weighted by Crippen LogP contribution is 2.25. The molecule has 0 aromatic heterocycles. The number of halogens is 2. The van der Waals surface area contributed by atoms with Crippen molar-refractivity contribution in [1.82, 2.24) is 0 Å². The quantitative estimate of drug-likeness (QED) is 0.779. The van der Waals surface area contributed by atoms with Gasteiger partial charge in [0.2, 0.25) is 0 Å². The van der Waals surface area contributed by atoms with E-state index in [1.807, 2.05) is 42.5 Å². The van der Waals surface area contributed by atoms with Crippen LogP contribution in [0.1, 0.15) is 17.5 Å². The Morgan fingerprint density at radius 1 is 1.05 bits per heavy atom. The maximum Gasteiger partial charge on any atom is 0.328 e. The SMILES string of the molecule is O=C(O)/C=C(/CCc1ccc(Cl)c(Cl)c1)c1ccccc1. The first-order valence-corrected chi connectivity index (χ1v) is 7.24. The number of carboxylic acid groups (broad SMARTS) is 1. The molecular formula is C17H14Cl2O2. The number of aryl methyl sites for hydroxylation is 1. The zero-order valence-electron chi connectivity index (χ0n) is 11.2. The topological polar surface area (TPSA) is 37.3 Å². The number of carboxylic acids is 1. The number of aliphatic carboxylic acids is 1. The second-order valence-corrected chi connectivity index (χ2v) is 5.44. The number of allylic oxidation sites excluding steroid dienone is 1. The van der Waals surface area contributed by atoms with Crippen molar-refractivity contribution in [3.05, 3.63) is 75.8 Å². The lowest BCUT2D eigenvalue weighted by molar-refractivity contribution is -0.131. The van der Waals surface area contributed by atoms with Crippen LogP contribution < -0.4 is 0 Å². The predicted octanol–water partition coefficient (Wildman–Crippen LogP) is 5.09. The Morgan fingerprint density at radius 2 is 1.76 bits per heavy atom. The van der Waals surface area contributed by atoms with Crippen LogP contribution in [-0.2, 0) is 11.2 Å². The van der Waals surface area contributed by atoms with Gasteiger partial charge in [-0.05, 0) is 41.7 Å². The fraction of sp³-hybridized carbons (Fsp3) is 0.118. The highest BCUT2D eigenvalue weighted by molar-refractivity contribution is 6.42. The summed E-state index contributed by atoms with van der Waals surface area (Å²) in [5.74, 6) is -0.942. The van der Waals surface area contributed by atoms with Crippen molar-refractivity contribution < 1.29 is 9.90 Å². The smallest absolute Gasteiger partial charge is 0.328 e. The molecule has 0 fully saturated rings. The van der Waals surface area contributed by atoms with E-state index < -0.39 is 5.97 Å². The molecule has 0 spiro atoms. The van der Waals surface area contributed by atoms with Gasteiger partial charge in [-0.1, -0.05) is 59.6 Å². The molecule has 2 nitrogen and oxygen atoms in total. The van der Waals surface area contributed by atoms with E-state index in [4.69, 9.17) is 28.3 Å². The average molecular weight is 321 g/mol. The van der Waals surface area contributed by atoms with Crippen LogP contribution in [0, 0.1) is 0 Å². The Morgan fingerprint density at radius 3 is 2.38 bits per heavy atom. The first-order chi connectivity index (χ1) is 10.1. The molecule has 2 rings (SSSR count). The molecule has 0 aliphatic rings. The summed E-state index contributed by atoms with van der Waals surface area (Å²) in [6.07, 6.45) is 2.58. The predicted molar refractivity (Wildman–Crippen MR) is 86.8 cm³/mol. The molecule has 0 unspecified atom stereocenters. The van der Waals surface area contributed by atoms with Gasteiger partial charge in [0.1, 0.15) is 0 Å². The second-order valence-electron chi connectivity index (χ2n) is 4.62. The molecule has 0 heterocycles. The molecule has 0 radical (unpaired) electrons. The summed E-state index contributed by atoms with van der Waals surface area (Å²) in [6, 6.07) is 15.0. The summed E-state index contributed by atoms with van der Waals surface area (Å²) in [5.41, 5.74) is 2.73. The van der Waals surface area contributed by atoms with Crippen LogP contribution in [0.3, 0.4) is 0 Å². The lowest BCUT2D eigenvalue weighted by atomic mass is 9.98. The van der Waals surface area contributed by atoms with E-state index in [2.05, 4.69) is 0 Å². The van der Waals surface area contributed by atoms with Gasteiger partial charge >= 0.3 is 5.97 Å². The molecule has 0 saturated carbocycles. The number of benzene rings is 2. The van der Waals surface area contributed by atoms with E-state index in [1.54, 1.807) is 6.07 Å². The third kappa shape index (κ3) is 4.62. The van der Waals surface area contributed by atoms with Crippen LogP contribution in [0.2, 0.25) is 10.0 Å². The Balaban J connectivity index is 2.17. The molecule has 108 valence electrons.